The minimum atomic E-state index is -1.23. The van der Waals surface area contributed by atoms with Crippen LogP contribution in [0.25, 0.3) is 0 Å². The first-order valence-electron chi connectivity index (χ1n) is 9.41. The van der Waals surface area contributed by atoms with Crippen LogP contribution in [0.1, 0.15) is 38.7 Å². The van der Waals surface area contributed by atoms with E-state index < -0.39 is 29.5 Å². The van der Waals surface area contributed by atoms with Crippen molar-refractivity contribution in [3.8, 4) is 0 Å². The van der Waals surface area contributed by atoms with Gasteiger partial charge < -0.3 is 19.5 Å². The lowest BCUT2D eigenvalue weighted by atomic mass is 9.74. The van der Waals surface area contributed by atoms with E-state index in [2.05, 4.69) is 20.4 Å². The number of aliphatic carboxylic acids is 1. The van der Waals surface area contributed by atoms with Crippen LogP contribution in [0.5, 0.6) is 0 Å². The Balaban J connectivity index is 1.79. The summed E-state index contributed by atoms with van der Waals surface area (Å²) >= 11 is 0. The second kappa shape index (κ2) is 6.06. The molecule has 0 aliphatic carbocycles. The molecule has 3 aliphatic rings. The van der Waals surface area contributed by atoms with E-state index >= 15 is 0 Å². The highest BCUT2D eigenvalue weighted by atomic mass is 16.5. The predicted molar refractivity (Wildman–Crippen MR) is 100.0 cm³/mol. The van der Waals surface area contributed by atoms with Crippen LogP contribution < -0.4 is 10.0 Å². The number of rotatable bonds is 5. The molecule has 1 spiro atoms. The summed E-state index contributed by atoms with van der Waals surface area (Å²) in [6.45, 7) is 10.2. The van der Waals surface area contributed by atoms with Crippen molar-refractivity contribution >= 4 is 17.6 Å². The van der Waals surface area contributed by atoms with Crippen molar-refractivity contribution < 1.29 is 19.4 Å². The van der Waals surface area contributed by atoms with Gasteiger partial charge in [0.2, 0.25) is 5.91 Å². The summed E-state index contributed by atoms with van der Waals surface area (Å²) in [5.41, 5.74) is 1.94. The average Bonchev–Trinajstić information content (AvgIpc) is 3.24. The Labute approximate surface area is 159 Å². The van der Waals surface area contributed by atoms with Gasteiger partial charge >= 0.3 is 0 Å². The van der Waals surface area contributed by atoms with Gasteiger partial charge in [-0.2, -0.15) is 0 Å². The lowest BCUT2D eigenvalue weighted by Crippen LogP contribution is -2.46. The summed E-state index contributed by atoms with van der Waals surface area (Å²) in [6.07, 6.45) is 3.60. The van der Waals surface area contributed by atoms with Gasteiger partial charge in [-0.05, 0) is 37.0 Å². The summed E-state index contributed by atoms with van der Waals surface area (Å²) in [6, 6.07) is 7.58. The van der Waals surface area contributed by atoms with E-state index in [1.165, 1.54) is 5.56 Å². The first-order chi connectivity index (χ1) is 12.8. The Hall–Kier alpha value is -2.40. The van der Waals surface area contributed by atoms with Crippen LogP contribution in [0.15, 0.2) is 48.6 Å². The highest BCUT2D eigenvalue weighted by Gasteiger charge is 2.69. The van der Waals surface area contributed by atoms with Gasteiger partial charge in [0.15, 0.2) is 0 Å². The molecule has 2 saturated heterocycles. The lowest BCUT2D eigenvalue weighted by molar-refractivity contribution is -0.313. The van der Waals surface area contributed by atoms with Crippen molar-refractivity contribution in [3.63, 3.8) is 0 Å². The van der Waals surface area contributed by atoms with Crippen molar-refractivity contribution in [1.82, 2.24) is 0 Å². The van der Waals surface area contributed by atoms with E-state index in [1.54, 1.807) is 11.0 Å². The fourth-order valence-electron chi connectivity index (χ4n) is 4.83. The van der Waals surface area contributed by atoms with Crippen LogP contribution in [0.3, 0.4) is 0 Å². The number of carboxylic acid groups (broad SMARTS) is 1. The van der Waals surface area contributed by atoms with Crippen molar-refractivity contribution in [1.29, 1.82) is 0 Å². The van der Waals surface area contributed by atoms with Gasteiger partial charge in [-0.15, -0.1) is 6.58 Å². The third-order valence-electron chi connectivity index (χ3n) is 6.07. The molecule has 0 aromatic heterocycles. The fourth-order valence-corrected chi connectivity index (χ4v) is 4.83. The third kappa shape index (κ3) is 2.48. The van der Waals surface area contributed by atoms with Crippen LogP contribution in [0.4, 0.5) is 5.69 Å². The normalized spacial score (nSPS) is 33.8. The molecule has 1 aromatic carbocycles. The minimum Gasteiger partial charge on any atom is -0.550 e. The second-order valence-electron chi connectivity index (χ2n) is 8.25. The SMILES string of the molecule is C=C(C)C[C@H]1N(c2ccc(C(C)C)cc2)C(=O)[C@H]2[C@@H](C(=O)[O-])[C@@H]3C=C[C@]21O3. The average molecular weight is 366 g/mol. The molecule has 0 saturated carbocycles. The van der Waals surface area contributed by atoms with Crippen LogP contribution in [0, 0.1) is 11.8 Å². The first-order valence-corrected chi connectivity index (χ1v) is 9.41. The van der Waals surface area contributed by atoms with Gasteiger partial charge in [0.05, 0.1) is 18.1 Å². The number of carbonyl (C=O) groups excluding carboxylic acids is 2. The van der Waals surface area contributed by atoms with E-state index in [0.29, 0.717) is 12.3 Å². The molecule has 1 aromatic rings. The van der Waals surface area contributed by atoms with E-state index in [-0.39, 0.29) is 11.9 Å². The molecule has 3 heterocycles. The summed E-state index contributed by atoms with van der Waals surface area (Å²) in [4.78, 5) is 26.9. The summed E-state index contributed by atoms with van der Waals surface area (Å²) in [7, 11) is 0. The minimum absolute atomic E-state index is 0.209. The van der Waals surface area contributed by atoms with Crippen molar-refractivity contribution in [2.75, 3.05) is 4.90 Å². The Bertz CT molecular complexity index is 840. The maximum Gasteiger partial charge on any atom is 0.234 e. The molecule has 0 unspecified atom stereocenters. The van der Waals surface area contributed by atoms with Gasteiger partial charge in [0, 0.05) is 17.6 Å². The van der Waals surface area contributed by atoms with E-state index in [1.807, 2.05) is 37.3 Å². The maximum atomic E-state index is 13.4. The second-order valence-corrected chi connectivity index (χ2v) is 8.25. The number of nitrogens with zero attached hydrogens (tertiary/aromatic N) is 1. The molecule has 5 atom stereocenters. The number of carbonyl (C=O) groups is 2. The Kier molecular flexibility index (Phi) is 4.04. The van der Waals surface area contributed by atoms with Crippen LogP contribution in [-0.4, -0.2) is 29.6 Å². The van der Waals surface area contributed by atoms with E-state index in [0.717, 1.165) is 11.3 Å². The number of ether oxygens (including phenoxy) is 1. The van der Waals surface area contributed by atoms with Crippen molar-refractivity contribution in [2.24, 2.45) is 11.8 Å². The van der Waals surface area contributed by atoms with E-state index in [4.69, 9.17) is 4.74 Å². The number of fused-ring (bicyclic) bond motifs is 1. The highest BCUT2D eigenvalue weighted by Crippen LogP contribution is 2.56. The molecule has 3 aliphatic heterocycles. The van der Waals surface area contributed by atoms with Crippen LogP contribution in [0.2, 0.25) is 0 Å². The number of amides is 1. The Morgan fingerprint density at radius 2 is 2.00 bits per heavy atom. The zero-order valence-corrected chi connectivity index (χ0v) is 15.8. The number of benzene rings is 1. The number of hydrogen-bond donors (Lipinski definition) is 0. The van der Waals surface area contributed by atoms with E-state index in [9.17, 15) is 14.7 Å². The molecule has 142 valence electrons. The molecule has 5 nitrogen and oxygen atoms in total. The maximum absolute atomic E-state index is 13.4. The molecule has 5 heteroatoms. The zero-order chi connectivity index (χ0) is 19.5. The van der Waals surface area contributed by atoms with Crippen molar-refractivity contribution in [2.45, 2.75) is 50.9 Å². The highest BCUT2D eigenvalue weighted by molar-refractivity contribution is 6.03. The quantitative estimate of drug-likeness (QED) is 0.749. The molecule has 4 rings (SSSR count). The Morgan fingerprint density at radius 1 is 1.33 bits per heavy atom. The van der Waals surface area contributed by atoms with Gasteiger partial charge in [-0.3, -0.25) is 4.79 Å². The van der Waals surface area contributed by atoms with Gasteiger partial charge in [0.1, 0.15) is 5.60 Å². The molecule has 2 fully saturated rings. The lowest BCUT2D eigenvalue weighted by Gasteiger charge is -2.33. The summed E-state index contributed by atoms with van der Waals surface area (Å²) in [5, 5.41) is 11.8. The van der Waals surface area contributed by atoms with Gasteiger partial charge in [-0.1, -0.05) is 43.7 Å². The van der Waals surface area contributed by atoms with Crippen LogP contribution in [-0.2, 0) is 14.3 Å². The molecule has 2 bridgehead atoms. The summed E-state index contributed by atoms with van der Waals surface area (Å²) < 4.78 is 6.12. The Morgan fingerprint density at radius 3 is 2.56 bits per heavy atom. The topological polar surface area (TPSA) is 69.7 Å². The predicted octanol–water partition coefficient (Wildman–Crippen LogP) is 2.18. The zero-order valence-electron chi connectivity index (χ0n) is 15.8. The van der Waals surface area contributed by atoms with Crippen molar-refractivity contribution in [3.05, 3.63) is 54.1 Å². The third-order valence-corrected chi connectivity index (χ3v) is 6.07. The smallest absolute Gasteiger partial charge is 0.234 e. The van der Waals surface area contributed by atoms with Crippen LogP contribution >= 0.6 is 0 Å². The van der Waals surface area contributed by atoms with Gasteiger partial charge in [-0.25, -0.2) is 0 Å². The number of hydrogen-bond acceptors (Lipinski definition) is 4. The monoisotopic (exact) mass is 366 g/mol. The molecular weight excluding hydrogens is 342 g/mol. The molecule has 0 radical (unpaired) electrons. The molecule has 1 amide bonds. The number of carboxylic acids is 1. The van der Waals surface area contributed by atoms with Gasteiger partial charge in [0.25, 0.3) is 0 Å². The largest absolute Gasteiger partial charge is 0.550 e. The summed E-state index contributed by atoms with van der Waals surface area (Å²) in [5.74, 6) is -2.75. The molecular formula is C22H24NO4-. The standard InChI is InChI=1S/C22H25NO4/c1-12(2)11-17-22-10-9-16(27-22)18(21(25)26)19(22)20(24)23(17)15-7-5-14(6-8-15)13(3)4/h5-10,13,16-19H,1,11H2,2-4H3,(H,25,26)/p-1/t16-,17+,18-,19+,22+/m0/s1. The fraction of sp³-hybridized carbons (Fsp3) is 0.455. The molecule has 27 heavy (non-hydrogen) atoms. The molecule has 0 N–H and O–H groups in total. The number of anilines is 1. The first kappa shape index (κ1) is 18.0.